The number of sulfonamides is 1. The molecule has 0 aromatic heterocycles. The number of amides is 2. The van der Waals surface area contributed by atoms with E-state index in [0.717, 1.165) is 5.01 Å². The molecule has 1 aromatic carbocycles. The first kappa shape index (κ1) is 19.7. The lowest BCUT2D eigenvalue weighted by atomic mass is 9.88. The summed E-state index contributed by atoms with van der Waals surface area (Å²) in [6.07, 6.45) is 0.0843. The van der Waals surface area contributed by atoms with Gasteiger partial charge in [0, 0.05) is 24.1 Å². The molecule has 2 heterocycles. The monoisotopic (exact) mass is 393 g/mol. The van der Waals surface area contributed by atoms with Crippen molar-refractivity contribution in [1.29, 1.82) is 0 Å². The van der Waals surface area contributed by atoms with Crippen LogP contribution in [0.2, 0.25) is 0 Å². The minimum absolute atomic E-state index is 0.0157. The fourth-order valence-corrected chi connectivity index (χ4v) is 4.31. The molecule has 146 valence electrons. The van der Waals surface area contributed by atoms with E-state index >= 15 is 0 Å². The van der Waals surface area contributed by atoms with E-state index in [-0.39, 0.29) is 35.4 Å². The summed E-state index contributed by atoms with van der Waals surface area (Å²) in [5.74, 6) is -1.04. The summed E-state index contributed by atoms with van der Waals surface area (Å²) < 4.78 is 32.1. The van der Waals surface area contributed by atoms with E-state index in [0.29, 0.717) is 18.9 Å². The Morgan fingerprint density at radius 2 is 1.85 bits per heavy atom. The first-order valence-corrected chi connectivity index (χ1v) is 10.2. The van der Waals surface area contributed by atoms with Crippen molar-refractivity contribution < 1.29 is 22.7 Å². The maximum absolute atomic E-state index is 12.8. The average molecular weight is 393 g/mol. The van der Waals surface area contributed by atoms with Crippen LogP contribution in [0.4, 0.5) is 0 Å². The third-order valence-electron chi connectivity index (χ3n) is 4.52. The second kappa shape index (κ2) is 7.14. The highest BCUT2D eigenvalue weighted by atomic mass is 32.2. The van der Waals surface area contributed by atoms with Crippen LogP contribution in [0.3, 0.4) is 0 Å². The fraction of sp³-hybridized carbons (Fsp3) is 0.500. The molecule has 2 aliphatic heterocycles. The van der Waals surface area contributed by atoms with Gasteiger partial charge in [-0.25, -0.2) is 8.42 Å². The average Bonchev–Trinajstić information content (AvgIpc) is 3.04. The molecule has 0 N–H and O–H groups in total. The van der Waals surface area contributed by atoms with Crippen molar-refractivity contribution in [1.82, 2.24) is 9.31 Å². The molecule has 2 amide bonds. The summed E-state index contributed by atoms with van der Waals surface area (Å²) in [5, 5.41) is 5.01. The number of carbonyl (C=O) groups is 2. The van der Waals surface area contributed by atoms with Crippen molar-refractivity contribution in [3.8, 4) is 0 Å². The minimum Gasteiger partial charge on any atom is -0.379 e. The predicted octanol–water partition coefficient (Wildman–Crippen LogP) is 1.48. The second-order valence-corrected chi connectivity index (χ2v) is 9.47. The van der Waals surface area contributed by atoms with Crippen molar-refractivity contribution in [2.75, 3.05) is 26.3 Å². The minimum atomic E-state index is -3.73. The lowest BCUT2D eigenvalue weighted by Gasteiger charge is -2.26. The van der Waals surface area contributed by atoms with Crippen molar-refractivity contribution in [2.24, 2.45) is 10.5 Å². The zero-order valence-electron chi connectivity index (χ0n) is 15.6. The lowest BCUT2D eigenvalue weighted by molar-refractivity contribution is -0.126. The first-order valence-electron chi connectivity index (χ1n) is 8.74. The fourth-order valence-electron chi connectivity index (χ4n) is 2.85. The number of hydrogen-bond acceptors (Lipinski definition) is 6. The van der Waals surface area contributed by atoms with Gasteiger partial charge in [-0.05, 0) is 18.2 Å². The van der Waals surface area contributed by atoms with Crippen molar-refractivity contribution in [3.05, 3.63) is 29.8 Å². The molecule has 1 saturated heterocycles. The molecule has 27 heavy (non-hydrogen) atoms. The van der Waals surface area contributed by atoms with E-state index in [9.17, 15) is 18.0 Å². The van der Waals surface area contributed by atoms with Crippen LogP contribution >= 0.6 is 0 Å². The Morgan fingerprint density at radius 3 is 2.44 bits per heavy atom. The number of hydrazone groups is 1. The third-order valence-corrected chi connectivity index (χ3v) is 6.42. The van der Waals surface area contributed by atoms with Crippen LogP contribution in [-0.2, 0) is 19.6 Å². The number of benzene rings is 1. The number of nitrogens with zero attached hydrogens (tertiary/aromatic N) is 3. The smallest absolute Gasteiger partial charge is 0.281 e. The Hall–Kier alpha value is -2.10. The Labute approximate surface area is 158 Å². The van der Waals surface area contributed by atoms with Crippen LogP contribution in [0, 0.1) is 5.41 Å². The van der Waals surface area contributed by atoms with Gasteiger partial charge in [-0.15, -0.1) is 0 Å². The molecular weight excluding hydrogens is 370 g/mol. The highest BCUT2D eigenvalue weighted by Crippen LogP contribution is 2.26. The van der Waals surface area contributed by atoms with Crippen LogP contribution in [0.5, 0.6) is 0 Å². The van der Waals surface area contributed by atoms with Gasteiger partial charge in [-0.1, -0.05) is 26.8 Å². The largest absolute Gasteiger partial charge is 0.379 e. The van der Waals surface area contributed by atoms with Crippen molar-refractivity contribution >= 4 is 27.5 Å². The number of hydrogen-bond donors (Lipinski definition) is 0. The summed E-state index contributed by atoms with van der Waals surface area (Å²) in [7, 11) is -3.73. The summed E-state index contributed by atoms with van der Waals surface area (Å²) >= 11 is 0. The number of carbonyl (C=O) groups excluding carboxylic acids is 2. The van der Waals surface area contributed by atoms with Gasteiger partial charge in [-0.2, -0.15) is 14.4 Å². The number of ether oxygens (including phenoxy) is 1. The van der Waals surface area contributed by atoms with Gasteiger partial charge >= 0.3 is 0 Å². The molecule has 0 aliphatic carbocycles. The molecule has 0 saturated carbocycles. The number of rotatable bonds is 3. The summed E-state index contributed by atoms with van der Waals surface area (Å²) in [5.41, 5.74) is 0.404. The van der Waals surface area contributed by atoms with E-state index in [4.69, 9.17) is 4.74 Å². The van der Waals surface area contributed by atoms with E-state index in [1.165, 1.54) is 28.6 Å². The van der Waals surface area contributed by atoms with Crippen LogP contribution in [0.15, 0.2) is 34.3 Å². The van der Waals surface area contributed by atoms with Crippen LogP contribution in [0.1, 0.15) is 37.6 Å². The van der Waals surface area contributed by atoms with E-state index in [2.05, 4.69) is 5.10 Å². The Kier molecular flexibility index (Phi) is 5.20. The highest BCUT2D eigenvalue weighted by Gasteiger charge is 2.35. The molecule has 0 radical (unpaired) electrons. The lowest BCUT2D eigenvalue weighted by Crippen LogP contribution is -2.40. The standard InChI is InChI=1S/C18H23N3O5S/c1-18(2,3)15-12-16(22)21(19-15)17(23)13-5-4-6-14(11-13)27(24,25)20-7-9-26-10-8-20/h4-6,11H,7-10,12H2,1-3H3. The molecule has 1 aromatic rings. The second-order valence-electron chi connectivity index (χ2n) is 7.53. The quantitative estimate of drug-likeness (QED) is 0.725. The van der Waals surface area contributed by atoms with Crippen LogP contribution < -0.4 is 0 Å². The van der Waals surface area contributed by atoms with Crippen LogP contribution in [0.25, 0.3) is 0 Å². The topological polar surface area (TPSA) is 96.3 Å². The molecule has 8 nitrogen and oxygen atoms in total. The van der Waals surface area contributed by atoms with Gasteiger partial charge in [-0.3, -0.25) is 9.59 Å². The number of morpholine rings is 1. The van der Waals surface area contributed by atoms with Gasteiger partial charge in [0.05, 0.1) is 30.2 Å². The molecule has 0 bridgehead atoms. The molecule has 2 aliphatic rings. The SMILES string of the molecule is CC(C)(C)C1=NN(C(=O)c2cccc(S(=O)(=O)N3CCOCC3)c2)C(=O)C1. The van der Waals surface area contributed by atoms with Gasteiger partial charge in [0.25, 0.3) is 11.8 Å². The van der Waals surface area contributed by atoms with E-state index < -0.39 is 21.8 Å². The van der Waals surface area contributed by atoms with Crippen LogP contribution in [-0.4, -0.2) is 61.6 Å². The normalized spacial score (nSPS) is 19.3. The Balaban J connectivity index is 1.88. The molecule has 9 heteroatoms. The van der Waals surface area contributed by atoms with Gasteiger partial charge in [0.15, 0.2) is 0 Å². The zero-order valence-corrected chi connectivity index (χ0v) is 16.5. The first-order chi connectivity index (χ1) is 12.6. The van der Waals surface area contributed by atoms with Crippen molar-refractivity contribution in [2.45, 2.75) is 32.1 Å². The Morgan fingerprint density at radius 1 is 1.19 bits per heavy atom. The maximum atomic E-state index is 12.8. The van der Waals surface area contributed by atoms with Gasteiger partial charge in [0.1, 0.15) is 0 Å². The zero-order chi connectivity index (χ0) is 19.8. The summed E-state index contributed by atoms with van der Waals surface area (Å²) in [6, 6.07) is 5.72. The third kappa shape index (κ3) is 3.95. The molecular formula is C18H23N3O5S. The molecule has 1 fully saturated rings. The molecule has 0 spiro atoms. The van der Waals surface area contributed by atoms with Gasteiger partial charge in [0.2, 0.25) is 10.0 Å². The molecule has 0 atom stereocenters. The maximum Gasteiger partial charge on any atom is 0.281 e. The molecule has 3 rings (SSSR count). The van der Waals surface area contributed by atoms with E-state index in [1.807, 2.05) is 20.8 Å². The van der Waals surface area contributed by atoms with E-state index in [1.54, 1.807) is 0 Å². The number of imide groups is 1. The Bertz CT molecular complexity index is 896. The highest BCUT2D eigenvalue weighted by molar-refractivity contribution is 7.89. The van der Waals surface area contributed by atoms with Crippen molar-refractivity contribution in [3.63, 3.8) is 0 Å². The summed E-state index contributed by atoms with van der Waals surface area (Å²) in [4.78, 5) is 25.0. The molecule has 0 unspecified atom stereocenters. The van der Waals surface area contributed by atoms with Gasteiger partial charge < -0.3 is 4.74 Å². The predicted molar refractivity (Wildman–Crippen MR) is 98.7 cm³/mol. The summed E-state index contributed by atoms with van der Waals surface area (Å²) in [6.45, 7) is 6.97.